The number of carbonyl (C=O) groups is 2. The van der Waals surface area contributed by atoms with E-state index in [1.54, 1.807) is 24.3 Å². The van der Waals surface area contributed by atoms with Crippen molar-refractivity contribution in [2.75, 3.05) is 13.7 Å². The van der Waals surface area contributed by atoms with E-state index in [4.69, 9.17) is 14.2 Å². The van der Waals surface area contributed by atoms with Crippen LogP contribution in [0, 0.1) is 0 Å². The molecular weight excluding hydrogens is 344 g/mol. The third-order valence-corrected chi connectivity index (χ3v) is 4.32. The lowest BCUT2D eigenvalue weighted by atomic mass is 10.1. The molecule has 5 nitrogen and oxygen atoms in total. The lowest BCUT2D eigenvalue weighted by Crippen LogP contribution is -2.11. The fourth-order valence-electron chi connectivity index (χ4n) is 2.75. The average molecular weight is 379 g/mol. The Morgan fingerprint density at radius 1 is 0.778 bits per heavy atom. The van der Waals surface area contributed by atoms with Crippen LogP contribution in [-0.2, 0) is 14.3 Å². The van der Waals surface area contributed by atoms with Gasteiger partial charge in [-0.15, -0.1) is 0 Å². The van der Waals surface area contributed by atoms with Gasteiger partial charge in [0.05, 0.1) is 13.7 Å². The van der Waals surface area contributed by atoms with Gasteiger partial charge >= 0.3 is 11.9 Å². The van der Waals surface area contributed by atoms with E-state index in [0.29, 0.717) is 24.5 Å². The van der Waals surface area contributed by atoms with Gasteiger partial charge in [0, 0.05) is 12.8 Å². The van der Waals surface area contributed by atoms with Crippen molar-refractivity contribution >= 4 is 11.9 Å². The normalized spacial score (nSPS) is 10.4. The Bertz CT molecular complexity index is 541. The number of hydrogen-bond acceptors (Lipinski definition) is 5. The van der Waals surface area contributed by atoms with E-state index in [-0.39, 0.29) is 24.8 Å². The van der Waals surface area contributed by atoms with Crippen LogP contribution in [0.15, 0.2) is 24.3 Å². The van der Waals surface area contributed by atoms with Crippen LogP contribution in [0.1, 0.15) is 77.6 Å². The number of hydrogen-bond donors (Lipinski definition) is 0. The van der Waals surface area contributed by atoms with Crippen LogP contribution >= 0.6 is 0 Å². The molecule has 0 radical (unpaired) electrons. The zero-order valence-corrected chi connectivity index (χ0v) is 16.8. The Labute approximate surface area is 163 Å². The first-order valence-electron chi connectivity index (χ1n) is 10.2. The summed E-state index contributed by atoms with van der Waals surface area (Å²) in [6, 6.07) is 6.98. The molecule has 5 heteroatoms. The summed E-state index contributed by atoms with van der Waals surface area (Å²) in [5, 5.41) is 0. The van der Waals surface area contributed by atoms with Crippen LogP contribution in [0.2, 0.25) is 0 Å². The Balaban J connectivity index is 2.02. The SMILES string of the molecule is CCCCCCCCCCOC(=O)CCCC(=O)Oc1ccccc1OC. The summed E-state index contributed by atoms with van der Waals surface area (Å²) in [5.74, 6) is 0.274. The molecule has 1 aromatic carbocycles. The van der Waals surface area contributed by atoms with Gasteiger partial charge in [0.15, 0.2) is 11.5 Å². The molecule has 0 spiro atoms. The summed E-state index contributed by atoms with van der Waals surface area (Å²) < 4.78 is 15.6. The predicted octanol–water partition coefficient (Wildman–Crippen LogP) is 5.45. The maximum absolute atomic E-state index is 11.9. The minimum absolute atomic E-state index is 0.172. The van der Waals surface area contributed by atoms with E-state index >= 15 is 0 Å². The van der Waals surface area contributed by atoms with Gasteiger partial charge in [0.1, 0.15) is 0 Å². The third kappa shape index (κ3) is 11.3. The maximum atomic E-state index is 11.9. The number of unbranched alkanes of at least 4 members (excludes halogenated alkanes) is 7. The van der Waals surface area contributed by atoms with E-state index < -0.39 is 0 Å². The number of methoxy groups -OCH3 is 1. The van der Waals surface area contributed by atoms with Crippen LogP contribution < -0.4 is 9.47 Å². The summed E-state index contributed by atoms with van der Waals surface area (Å²) >= 11 is 0. The highest BCUT2D eigenvalue weighted by molar-refractivity contribution is 5.74. The molecule has 0 atom stereocenters. The number of esters is 2. The summed E-state index contributed by atoms with van der Waals surface area (Å²) in [7, 11) is 1.52. The molecule has 0 saturated carbocycles. The Morgan fingerprint density at radius 3 is 2.04 bits per heavy atom. The minimum atomic E-state index is -0.379. The van der Waals surface area contributed by atoms with Crippen molar-refractivity contribution in [2.45, 2.75) is 77.6 Å². The van der Waals surface area contributed by atoms with E-state index in [1.165, 1.54) is 45.6 Å². The highest BCUT2D eigenvalue weighted by Crippen LogP contribution is 2.26. The van der Waals surface area contributed by atoms with Crippen molar-refractivity contribution in [1.82, 2.24) is 0 Å². The number of benzene rings is 1. The Hall–Kier alpha value is -2.04. The summed E-state index contributed by atoms with van der Waals surface area (Å²) in [5.41, 5.74) is 0. The van der Waals surface area contributed by atoms with Crippen LogP contribution in [-0.4, -0.2) is 25.7 Å². The number of ether oxygens (including phenoxy) is 3. The van der Waals surface area contributed by atoms with Crippen LogP contribution in [0.3, 0.4) is 0 Å². The molecule has 1 rings (SSSR count). The quantitative estimate of drug-likeness (QED) is 0.230. The number of para-hydroxylation sites is 2. The molecule has 0 N–H and O–H groups in total. The van der Waals surface area contributed by atoms with Crippen molar-refractivity contribution in [2.24, 2.45) is 0 Å². The second kappa shape index (κ2) is 15.1. The van der Waals surface area contributed by atoms with E-state index in [0.717, 1.165) is 12.8 Å². The van der Waals surface area contributed by atoms with Gasteiger partial charge in [-0.25, -0.2) is 0 Å². The van der Waals surface area contributed by atoms with Gasteiger partial charge in [-0.3, -0.25) is 9.59 Å². The van der Waals surface area contributed by atoms with Crippen LogP contribution in [0.4, 0.5) is 0 Å². The first kappa shape index (κ1) is 23.0. The molecule has 152 valence electrons. The molecule has 0 aliphatic rings. The first-order chi connectivity index (χ1) is 13.2. The summed E-state index contributed by atoms with van der Waals surface area (Å²) in [4.78, 5) is 23.6. The zero-order valence-electron chi connectivity index (χ0n) is 16.8. The topological polar surface area (TPSA) is 61.8 Å². The van der Waals surface area contributed by atoms with Crippen molar-refractivity contribution < 1.29 is 23.8 Å². The molecule has 0 aliphatic carbocycles. The second-order valence-corrected chi connectivity index (χ2v) is 6.67. The number of carbonyl (C=O) groups excluding carboxylic acids is 2. The lowest BCUT2D eigenvalue weighted by molar-refractivity contribution is -0.144. The van der Waals surface area contributed by atoms with Gasteiger partial charge in [-0.05, 0) is 25.0 Å². The molecule has 0 aromatic heterocycles. The van der Waals surface area contributed by atoms with Crippen LogP contribution in [0.25, 0.3) is 0 Å². The standard InChI is InChI=1S/C22H34O5/c1-3-4-5-6-7-8-9-12-18-26-21(23)16-13-17-22(24)27-20-15-11-10-14-19(20)25-2/h10-11,14-15H,3-9,12-13,16-18H2,1-2H3. The highest BCUT2D eigenvalue weighted by Gasteiger charge is 2.11. The highest BCUT2D eigenvalue weighted by atomic mass is 16.6. The second-order valence-electron chi connectivity index (χ2n) is 6.67. The molecule has 0 unspecified atom stereocenters. The fraction of sp³-hybridized carbons (Fsp3) is 0.636. The van der Waals surface area contributed by atoms with E-state index in [9.17, 15) is 9.59 Å². The monoisotopic (exact) mass is 378 g/mol. The van der Waals surface area contributed by atoms with Crippen LogP contribution in [0.5, 0.6) is 11.5 Å². The van der Waals surface area contributed by atoms with E-state index in [2.05, 4.69) is 6.92 Å². The van der Waals surface area contributed by atoms with Crippen molar-refractivity contribution in [1.29, 1.82) is 0 Å². The van der Waals surface area contributed by atoms with Crippen molar-refractivity contribution in [3.05, 3.63) is 24.3 Å². The average Bonchev–Trinajstić information content (AvgIpc) is 2.67. The Kier molecular flexibility index (Phi) is 12.8. The van der Waals surface area contributed by atoms with Gasteiger partial charge in [0.2, 0.25) is 0 Å². The molecule has 0 saturated heterocycles. The fourth-order valence-corrected chi connectivity index (χ4v) is 2.75. The summed E-state index contributed by atoms with van der Waals surface area (Å²) in [6.45, 7) is 2.69. The first-order valence-corrected chi connectivity index (χ1v) is 10.2. The molecular formula is C22H34O5. The summed E-state index contributed by atoms with van der Waals surface area (Å²) in [6.07, 6.45) is 10.5. The lowest BCUT2D eigenvalue weighted by Gasteiger charge is -2.08. The molecule has 0 aliphatic heterocycles. The molecule has 0 fully saturated rings. The Morgan fingerprint density at radius 2 is 1.37 bits per heavy atom. The predicted molar refractivity (Wildman–Crippen MR) is 106 cm³/mol. The molecule has 0 amide bonds. The molecule has 27 heavy (non-hydrogen) atoms. The van der Waals surface area contributed by atoms with E-state index in [1.807, 2.05) is 0 Å². The van der Waals surface area contributed by atoms with Gasteiger partial charge < -0.3 is 14.2 Å². The molecule has 1 aromatic rings. The number of rotatable bonds is 15. The maximum Gasteiger partial charge on any atom is 0.311 e. The minimum Gasteiger partial charge on any atom is -0.493 e. The van der Waals surface area contributed by atoms with Crippen molar-refractivity contribution in [3.8, 4) is 11.5 Å². The van der Waals surface area contributed by atoms with Crippen molar-refractivity contribution in [3.63, 3.8) is 0 Å². The molecule has 0 bridgehead atoms. The van der Waals surface area contributed by atoms with Gasteiger partial charge in [-0.2, -0.15) is 0 Å². The van der Waals surface area contributed by atoms with Gasteiger partial charge in [-0.1, -0.05) is 64.0 Å². The molecule has 0 heterocycles. The largest absolute Gasteiger partial charge is 0.493 e. The smallest absolute Gasteiger partial charge is 0.311 e. The van der Waals surface area contributed by atoms with Gasteiger partial charge in [0.25, 0.3) is 0 Å². The third-order valence-electron chi connectivity index (χ3n) is 4.32. The zero-order chi connectivity index (χ0) is 19.7.